The van der Waals surface area contributed by atoms with Crippen molar-refractivity contribution in [3.63, 3.8) is 0 Å². The van der Waals surface area contributed by atoms with Crippen LogP contribution in [0.1, 0.15) is 25.1 Å². The molecule has 0 spiro atoms. The molecule has 0 fully saturated rings. The predicted octanol–water partition coefficient (Wildman–Crippen LogP) is 3.56. The fraction of sp³-hybridized carbons (Fsp3) is 0.375. The zero-order chi connectivity index (χ0) is 16.1. The summed E-state index contributed by atoms with van der Waals surface area (Å²) in [5, 5.41) is 5.21. The monoisotopic (exact) mass is 320 g/mol. The van der Waals surface area contributed by atoms with Crippen molar-refractivity contribution in [1.29, 1.82) is 0 Å². The molecule has 22 heavy (non-hydrogen) atoms. The second kappa shape index (κ2) is 7.26. The van der Waals surface area contributed by atoms with Gasteiger partial charge in [0, 0.05) is 5.38 Å². The summed E-state index contributed by atoms with van der Waals surface area (Å²) in [4.78, 5) is 16.4. The van der Waals surface area contributed by atoms with Gasteiger partial charge < -0.3 is 9.47 Å². The predicted molar refractivity (Wildman–Crippen MR) is 87.9 cm³/mol. The van der Waals surface area contributed by atoms with Crippen LogP contribution in [0.4, 0.5) is 5.13 Å². The van der Waals surface area contributed by atoms with Gasteiger partial charge in [0.1, 0.15) is 0 Å². The minimum Gasteiger partial charge on any atom is -0.490 e. The minimum atomic E-state index is -0.647. The first kappa shape index (κ1) is 16.3. The largest absolute Gasteiger partial charge is 0.490 e. The summed E-state index contributed by atoms with van der Waals surface area (Å²) < 4.78 is 11.3. The number of anilines is 1. The normalized spacial score (nSPS) is 11.8. The third kappa shape index (κ3) is 4.21. The van der Waals surface area contributed by atoms with Gasteiger partial charge in [-0.2, -0.15) is 0 Å². The first-order valence-corrected chi connectivity index (χ1v) is 8.00. The molecule has 5 nitrogen and oxygen atoms in total. The van der Waals surface area contributed by atoms with Crippen LogP contribution in [-0.2, 0) is 4.79 Å². The van der Waals surface area contributed by atoms with E-state index in [1.807, 2.05) is 44.4 Å². The lowest BCUT2D eigenvalue weighted by molar-refractivity contribution is -0.122. The lowest BCUT2D eigenvalue weighted by Crippen LogP contribution is -2.30. The van der Waals surface area contributed by atoms with Gasteiger partial charge in [-0.3, -0.25) is 10.1 Å². The van der Waals surface area contributed by atoms with Crippen molar-refractivity contribution in [2.24, 2.45) is 0 Å². The molecule has 0 unspecified atom stereocenters. The highest BCUT2D eigenvalue weighted by Crippen LogP contribution is 2.29. The number of nitrogens with one attached hydrogen (secondary N) is 1. The summed E-state index contributed by atoms with van der Waals surface area (Å²) in [5.41, 5.74) is 1.96. The highest BCUT2D eigenvalue weighted by molar-refractivity contribution is 7.13. The van der Waals surface area contributed by atoms with Crippen LogP contribution >= 0.6 is 11.3 Å². The van der Waals surface area contributed by atoms with Gasteiger partial charge in [0.15, 0.2) is 22.7 Å². The maximum atomic E-state index is 12.2. The van der Waals surface area contributed by atoms with Crippen molar-refractivity contribution in [3.05, 3.63) is 34.8 Å². The molecule has 0 aliphatic carbocycles. The van der Waals surface area contributed by atoms with E-state index >= 15 is 0 Å². The highest BCUT2D eigenvalue weighted by Gasteiger charge is 2.18. The van der Waals surface area contributed by atoms with Gasteiger partial charge in [0.05, 0.1) is 12.3 Å². The van der Waals surface area contributed by atoms with Crippen molar-refractivity contribution < 1.29 is 14.3 Å². The molecule has 0 aliphatic heterocycles. The Balaban J connectivity index is 2.04. The number of hydrogen-bond acceptors (Lipinski definition) is 5. The Kier molecular flexibility index (Phi) is 5.38. The van der Waals surface area contributed by atoms with Crippen LogP contribution in [0.3, 0.4) is 0 Å². The van der Waals surface area contributed by atoms with Gasteiger partial charge in [-0.25, -0.2) is 4.98 Å². The number of carbonyl (C=O) groups is 1. The van der Waals surface area contributed by atoms with Crippen LogP contribution in [-0.4, -0.2) is 23.6 Å². The smallest absolute Gasteiger partial charge is 0.266 e. The quantitative estimate of drug-likeness (QED) is 0.884. The van der Waals surface area contributed by atoms with E-state index < -0.39 is 6.10 Å². The first-order valence-electron chi connectivity index (χ1n) is 7.12. The number of carbonyl (C=O) groups excluding carboxylic acids is 1. The Bertz CT molecular complexity index is 655. The van der Waals surface area contributed by atoms with E-state index in [1.54, 1.807) is 6.92 Å². The maximum Gasteiger partial charge on any atom is 0.266 e. The van der Waals surface area contributed by atoms with E-state index in [0.29, 0.717) is 23.2 Å². The Morgan fingerprint density at radius 1 is 1.36 bits per heavy atom. The zero-order valence-corrected chi connectivity index (χ0v) is 14.0. The van der Waals surface area contributed by atoms with Gasteiger partial charge in [0.2, 0.25) is 0 Å². The molecule has 0 saturated carbocycles. The summed E-state index contributed by atoms with van der Waals surface area (Å²) in [5.74, 6) is 0.968. The molecule has 0 saturated heterocycles. The molecule has 118 valence electrons. The summed E-state index contributed by atoms with van der Waals surface area (Å²) in [6.07, 6.45) is -0.647. The second-order valence-corrected chi connectivity index (χ2v) is 5.78. The van der Waals surface area contributed by atoms with Crippen LogP contribution in [0.2, 0.25) is 0 Å². The fourth-order valence-corrected chi connectivity index (χ4v) is 2.53. The number of benzene rings is 1. The van der Waals surface area contributed by atoms with Crippen LogP contribution in [0, 0.1) is 13.8 Å². The van der Waals surface area contributed by atoms with Gasteiger partial charge in [-0.15, -0.1) is 11.3 Å². The highest BCUT2D eigenvalue weighted by atomic mass is 32.1. The van der Waals surface area contributed by atoms with Crippen molar-refractivity contribution in [3.8, 4) is 11.5 Å². The average Bonchev–Trinajstić information content (AvgIpc) is 2.87. The minimum absolute atomic E-state index is 0.239. The SMILES string of the molecule is CCOc1cc(C)ccc1O[C@@H](C)C(=O)Nc1nc(C)cs1. The second-order valence-electron chi connectivity index (χ2n) is 4.93. The van der Waals surface area contributed by atoms with Crippen LogP contribution in [0.5, 0.6) is 11.5 Å². The number of aryl methyl sites for hydroxylation is 2. The molecule has 2 rings (SSSR count). The zero-order valence-electron chi connectivity index (χ0n) is 13.2. The Morgan fingerprint density at radius 2 is 2.14 bits per heavy atom. The van der Waals surface area contributed by atoms with E-state index in [9.17, 15) is 4.79 Å². The summed E-state index contributed by atoms with van der Waals surface area (Å²) in [6.45, 7) is 8.01. The molecule has 2 aromatic rings. The summed E-state index contributed by atoms with van der Waals surface area (Å²) in [6, 6.07) is 5.64. The van der Waals surface area contributed by atoms with Crippen molar-refractivity contribution in [1.82, 2.24) is 4.98 Å². The van der Waals surface area contributed by atoms with Crippen molar-refractivity contribution in [2.75, 3.05) is 11.9 Å². The Labute approximate surface area is 134 Å². The summed E-state index contributed by atoms with van der Waals surface area (Å²) >= 11 is 1.39. The molecule has 0 aliphatic rings. The van der Waals surface area contributed by atoms with E-state index in [1.165, 1.54) is 11.3 Å². The number of hydrogen-bond donors (Lipinski definition) is 1. The van der Waals surface area contributed by atoms with E-state index in [2.05, 4.69) is 10.3 Å². The number of ether oxygens (including phenoxy) is 2. The number of rotatable bonds is 6. The number of aromatic nitrogens is 1. The van der Waals surface area contributed by atoms with Gasteiger partial charge in [-0.1, -0.05) is 6.07 Å². The molecular formula is C16H20N2O3S. The lowest BCUT2D eigenvalue weighted by Gasteiger charge is -2.17. The van der Waals surface area contributed by atoms with E-state index in [-0.39, 0.29) is 5.91 Å². The first-order chi connectivity index (χ1) is 10.5. The number of amides is 1. The van der Waals surface area contributed by atoms with Gasteiger partial charge in [-0.05, 0) is 45.4 Å². The molecule has 1 aromatic carbocycles. The third-order valence-electron chi connectivity index (χ3n) is 2.92. The van der Waals surface area contributed by atoms with Crippen LogP contribution in [0.15, 0.2) is 23.6 Å². The van der Waals surface area contributed by atoms with Crippen molar-refractivity contribution in [2.45, 2.75) is 33.8 Å². The standard InChI is InChI=1S/C16H20N2O3S/c1-5-20-14-8-10(2)6-7-13(14)21-12(4)15(19)18-16-17-11(3)9-22-16/h6-9,12H,5H2,1-4H3,(H,17,18,19)/t12-/m0/s1. The Morgan fingerprint density at radius 3 is 2.77 bits per heavy atom. The fourth-order valence-electron chi connectivity index (χ4n) is 1.84. The molecule has 1 atom stereocenters. The lowest BCUT2D eigenvalue weighted by atomic mass is 10.2. The topological polar surface area (TPSA) is 60.5 Å². The van der Waals surface area contributed by atoms with Crippen LogP contribution in [0.25, 0.3) is 0 Å². The molecule has 0 bridgehead atoms. The number of nitrogens with zero attached hydrogens (tertiary/aromatic N) is 1. The number of thiazole rings is 1. The molecule has 6 heteroatoms. The van der Waals surface area contributed by atoms with Crippen molar-refractivity contribution >= 4 is 22.4 Å². The molecule has 0 radical (unpaired) electrons. The van der Waals surface area contributed by atoms with E-state index in [0.717, 1.165) is 11.3 Å². The third-order valence-corrected chi connectivity index (χ3v) is 3.80. The molecule has 1 heterocycles. The van der Waals surface area contributed by atoms with Gasteiger partial charge >= 0.3 is 0 Å². The summed E-state index contributed by atoms with van der Waals surface area (Å²) in [7, 11) is 0. The van der Waals surface area contributed by atoms with E-state index in [4.69, 9.17) is 9.47 Å². The molecular weight excluding hydrogens is 300 g/mol. The molecule has 1 amide bonds. The van der Waals surface area contributed by atoms with Gasteiger partial charge in [0.25, 0.3) is 5.91 Å². The maximum absolute atomic E-state index is 12.2. The molecule has 1 aromatic heterocycles. The molecule has 1 N–H and O–H groups in total. The average molecular weight is 320 g/mol. The Hall–Kier alpha value is -2.08. The van der Waals surface area contributed by atoms with Crippen LogP contribution < -0.4 is 14.8 Å².